The van der Waals surface area contributed by atoms with Crippen molar-refractivity contribution in [2.45, 2.75) is 25.3 Å². The van der Waals surface area contributed by atoms with E-state index in [-0.39, 0.29) is 6.61 Å². The predicted octanol–water partition coefficient (Wildman–Crippen LogP) is 0.123. The second kappa shape index (κ2) is 3.52. The van der Waals surface area contributed by atoms with Crippen molar-refractivity contribution >= 4 is 0 Å². The molecule has 1 saturated carbocycles. The second-order valence-corrected chi connectivity index (χ2v) is 3.77. The standard InChI is InChI=1S/C8H17NO2/c1-8(9,5-10)6-11-4-7-2-3-7/h7,10H,2-6,9H2,1H3. The third kappa shape index (κ3) is 3.70. The summed E-state index contributed by atoms with van der Waals surface area (Å²) in [5.41, 5.74) is 5.09. The molecule has 1 aliphatic rings. The number of hydrogen-bond acceptors (Lipinski definition) is 3. The van der Waals surface area contributed by atoms with E-state index < -0.39 is 5.54 Å². The molecule has 0 bridgehead atoms. The molecular weight excluding hydrogens is 142 g/mol. The molecule has 1 atom stereocenters. The van der Waals surface area contributed by atoms with Crippen LogP contribution in [0.25, 0.3) is 0 Å². The fourth-order valence-corrected chi connectivity index (χ4v) is 0.789. The van der Waals surface area contributed by atoms with Gasteiger partial charge in [-0.2, -0.15) is 0 Å². The van der Waals surface area contributed by atoms with Gasteiger partial charge in [0.25, 0.3) is 0 Å². The van der Waals surface area contributed by atoms with E-state index in [1.807, 2.05) is 0 Å². The monoisotopic (exact) mass is 159 g/mol. The van der Waals surface area contributed by atoms with Crippen molar-refractivity contribution in [3.05, 3.63) is 0 Å². The Morgan fingerprint density at radius 1 is 1.64 bits per heavy atom. The van der Waals surface area contributed by atoms with Gasteiger partial charge in [0.1, 0.15) is 0 Å². The summed E-state index contributed by atoms with van der Waals surface area (Å²) in [5, 5.41) is 8.77. The average Bonchev–Trinajstić information content (AvgIpc) is 2.71. The van der Waals surface area contributed by atoms with Crippen molar-refractivity contribution in [3.63, 3.8) is 0 Å². The highest BCUT2D eigenvalue weighted by molar-refractivity contribution is 4.78. The second-order valence-electron chi connectivity index (χ2n) is 3.77. The van der Waals surface area contributed by atoms with E-state index in [0.717, 1.165) is 12.5 Å². The molecule has 0 spiro atoms. The van der Waals surface area contributed by atoms with E-state index in [4.69, 9.17) is 15.6 Å². The minimum absolute atomic E-state index is 0.0162. The molecule has 0 aromatic carbocycles. The quantitative estimate of drug-likeness (QED) is 0.599. The molecule has 0 amide bonds. The fraction of sp³-hybridized carbons (Fsp3) is 1.00. The SMILES string of the molecule is CC(N)(CO)COCC1CC1. The van der Waals surface area contributed by atoms with Crippen LogP contribution in [0.4, 0.5) is 0 Å². The smallest absolute Gasteiger partial charge is 0.0666 e. The molecule has 0 aromatic heterocycles. The van der Waals surface area contributed by atoms with Crippen molar-refractivity contribution in [1.29, 1.82) is 0 Å². The Balaban J connectivity index is 1.99. The van der Waals surface area contributed by atoms with Gasteiger partial charge in [-0.25, -0.2) is 0 Å². The van der Waals surface area contributed by atoms with E-state index in [1.54, 1.807) is 6.92 Å². The van der Waals surface area contributed by atoms with Crippen molar-refractivity contribution < 1.29 is 9.84 Å². The topological polar surface area (TPSA) is 55.5 Å². The molecule has 0 radical (unpaired) electrons. The average molecular weight is 159 g/mol. The predicted molar refractivity (Wildman–Crippen MR) is 43.2 cm³/mol. The Labute approximate surface area is 67.5 Å². The Morgan fingerprint density at radius 3 is 2.73 bits per heavy atom. The Hall–Kier alpha value is -0.120. The zero-order valence-electron chi connectivity index (χ0n) is 7.05. The van der Waals surface area contributed by atoms with Gasteiger partial charge in [-0.1, -0.05) is 0 Å². The molecule has 0 aliphatic heterocycles. The minimum atomic E-state index is -0.561. The molecule has 3 N–H and O–H groups in total. The van der Waals surface area contributed by atoms with Crippen LogP contribution in [0.1, 0.15) is 19.8 Å². The number of hydrogen-bond donors (Lipinski definition) is 2. The first-order valence-electron chi connectivity index (χ1n) is 4.11. The zero-order valence-corrected chi connectivity index (χ0v) is 7.05. The number of rotatable bonds is 5. The Bertz CT molecular complexity index is 121. The van der Waals surface area contributed by atoms with E-state index in [2.05, 4.69) is 0 Å². The first-order chi connectivity index (χ1) is 5.14. The minimum Gasteiger partial charge on any atom is -0.394 e. The molecule has 0 aromatic rings. The van der Waals surface area contributed by atoms with Crippen LogP contribution in [0.15, 0.2) is 0 Å². The van der Waals surface area contributed by atoms with Gasteiger partial charge in [-0.05, 0) is 25.7 Å². The number of nitrogens with two attached hydrogens (primary N) is 1. The maximum atomic E-state index is 8.77. The third-order valence-corrected chi connectivity index (χ3v) is 1.84. The van der Waals surface area contributed by atoms with Crippen molar-refractivity contribution in [1.82, 2.24) is 0 Å². The summed E-state index contributed by atoms with van der Waals surface area (Å²) in [5.74, 6) is 0.768. The Kier molecular flexibility index (Phi) is 2.87. The van der Waals surface area contributed by atoms with Gasteiger partial charge in [-0.3, -0.25) is 0 Å². The lowest BCUT2D eigenvalue weighted by Gasteiger charge is -2.21. The van der Waals surface area contributed by atoms with Crippen LogP contribution in [0.5, 0.6) is 0 Å². The molecule has 11 heavy (non-hydrogen) atoms. The highest BCUT2D eigenvalue weighted by Crippen LogP contribution is 2.28. The van der Waals surface area contributed by atoms with Crippen LogP contribution in [0, 0.1) is 5.92 Å². The van der Waals surface area contributed by atoms with Crippen LogP contribution >= 0.6 is 0 Å². The molecule has 3 nitrogen and oxygen atoms in total. The molecular formula is C8H17NO2. The lowest BCUT2D eigenvalue weighted by atomic mass is 10.1. The summed E-state index contributed by atoms with van der Waals surface area (Å²) in [7, 11) is 0. The van der Waals surface area contributed by atoms with E-state index in [1.165, 1.54) is 12.8 Å². The van der Waals surface area contributed by atoms with Gasteiger partial charge in [0.2, 0.25) is 0 Å². The normalized spacial score (nSPS) is 23.2. The molecule has 66 valence electrons. The lowest BCUT2D eigenvalue weighted by Crippen LogP contribution is -2.45. The summed E-state index contributed by atoms with van der Waals surface area (Å²) in [4.78, 5) is 0. The molecule has 1 aliphatic carbocycles. The van der Waals surface area contributed by atoms with E-state index in [9.17, 15) is 0 Å². The van der Waals surface area contributed by atoms with Crippen LogP contribution in [0.3, 0.4) is 0 Å². The van der Waals surface area contributed by atoms with E-state index >= 15 is 0 Å². The largest absolute Gasteiger partial charge is 0.394 e. The van der Waals surface area contributed by atoms with Gasteiger partial charge in [-0.15, -0.1) is 0 Å². The maximum absolute atomic E-state index is 8.77. The lowest BCUT2D eigenvalue weighted by molar-refractivity contribution is 0.0574. The summed E-state index contributed by atoms with van der Waals surface area (Å²) in [6, 6.07) is 0. The van der Waals surface area contributed by atoms with Crippen LogP contribution in [0.2, 0.25) is 0 Å². The number of ether oxygens (including phenoxy) is 1. The Morgan fingerprint density at radius 2 is 2.27 bits per heavy atom. The maximum Gasteiger partial charge on any atom is 0.0666 e. The highest BCUT2D eigenvalue weighted by Gasteiger charge is 2.23. The van der Waals surface area contributed by atoms with Crippen LogP contribution in [-0.2, 0) is 4.74 Å². The van der Waals surface area contributed by atoms with Crippen molar-refractivity contribution in [2.75, 3.05) is 19.8 Å². The zero-order chi connectivity index (χ0) is 8.32. The summed E-state index contributed by atoms with van der Waals surface area (Å²) in [6.07, 6.45) is 2.58. The first kappa shape index (κ1) is 8.97. The molecule has 1 rings (SSSR count). The van der Waals surface area contributed by atoms with Gasteiger partial charge in [0, 0.05) is 6.61 Å². The molecule has 3 heteroatoms. The molecule has 0 saturated heterocycles. The number of aliphatic hydroxyl groups is 1. The first-order valence-corrected chi connectivity index (χ1v) is 4.11. The van der Waals surface area contributed by atoms with Gasteiger partial charge in [0.05, 0.1) is 18.8 Å². The van der Waals surface area contributed by atoms with Crippen LogP contribution in [-0.4, -0.2) is 30.5 Å². The highest BCUT2D eigenvalue weighted by atomic mass is 16.5. The van der Waals surface area contributed by atoms with Gasteiger partial charge >= 0.3 is 0 Å². The van der Waals surface area contributed by atoms with Gasteiger partial charge in [0.15, 0.2) is 0 Å². The summed E-state index contributed by atoms with van der Waals surface area (Å²) < 4.78 is 5.33. The summed E-state index contributed by atoms with van der Waals surface area (Å²) >= 11 is 0. The van der Waals surface area contributed by atoms with Crippen molar-refractivity contribution in [2.24, 2.45) is 11.7 Å². The third-order valence-electron chi connectivity index (χ3n) is 1.84. The summed E-state index contributed by atoms with van der Waals surface area (Å²) in [6.45, 7) is 3.05. The molecule has 1 fully saturated rings. The molecule has 1 unspecified atom stereocenters. The van der Waals surface area contributed by atoms with Crippen molar-refractivity contribution in [3.8, 4) is 0 Å². The van der Waals surface area contributed by atoms with Crippen LogP contribution < -0.4 is 5.73 Å². The molecule has 0 heterocycles. The van der Waals surface area contributed by atoms with Gasteiger partial charge < -0.3 is 15.6 Å². The number of aliphatic hydroxyl groups excluding tert-OH is 1. The fourth-order valence-electron chi connectivity index (χ4n) is 0.789. The van der Waals surface area contributed by atoms with E-state index in [0.29, 0.717) is 6.61 Å².